The third-order valence-electron chi connectivity index (χ3n) is 1.65. The van der Waals surface area contributed by atoms with Crippen LogP contribution in [0.1, 0.15) is 6.42 Å². The molecule has 1 N–H and O–H groups in total. The Hall–Kier alpha value is -0.730. The van der Waals surface area contributed by atoms with Crippen LogP contribution in [0.5, 0.6) is 5.75 Å². The minimum absolute atomic E-state index is 0.738. The molecule has 0 unspecified atom stereocenters. The molecule has 0 aliphatic rings. The predicted molar refractivity (Wildman–Crippen MR) is 55.5 cm³/mol. The van der Waals surface area contributed by atoms with E-state index >= 15 is 0 Å². The summed E-state index contributed by atoms with van der Waals surface area (Å²) in [5.74, 6) is 0.875. The Labute approximate surface area is 83.9 Å². The normalized spacial score (nSPS) is 10.0. The SMILES string of the molecule is CNCCCOc1ccc(Cl)cc1. The van der Waals surface area contributed by atoms with Gasteiger partial charge in [0.05, 0.1) is 6.61 Å². The molecule has 0 saturated heterocycles. The maximum absolute atomic E-state index is 5.73. The van der Waals surface area contributed by atoms with Crippen LogP contribution in [0, 0.1) is 0 Å². The summed E-state index contributed by atoms with van der Waals surface area (Å²) in [5, 5.41) is 3.80. The average Bonchev–Trinajstić information content (AvgIpc) is 2.15. The van der Waals surface area contributed by atoms with Crippen molar-refractivity contribution in [3.05, 3.63) is 29.3 Å². The lowest BCUT2D eigenvalue weighted by molar-refractivity contribution is 0.310. The third-order valence-corrected chi connectivity index (χ3v) is 1.91. The molecule has 1 aromatic rings. The zero-order chi connectivity index (χ0) is 9.52. The fraction of sp³-hybridized carbons (Fsp3) is 0.400. The summed E-state index contributed by atoms with van der Waals surface area (Å²) in [5.41, 5.74) is 0. The summed E-state index contributed by atoms with van der Waals surface area (Å²) in [6, 6.07) is 7.41. The standard InChI is InChI=1S/C10H14ClNO/c1-12-7-2-8-13-10-5-3-9(11)4-6-10/h3-6,12H,2,7-8H2,1H3. The minimum Gasteiger partial charge on any atom is -0.494 e. The van der Waals surface area contributed by atoms with E-state index in [-0.39, 0.29) is 0 Å². The van der Waals surface area contributed by atoms with Gasteiger partial charge in [0, 0.05) is 5.02 Å². The molecule has 0 heterocycles. The van der Waals surface area contributed by atoms with E-state index in [0.717, 1.165) is 30.3 Å². The lowest BCUT2D eigenvalue weighted by Gasteiger charge is -2.05. The van der Waals surface area contributed by atoms with Crippen LogP contribution < -0.4 is 10.1 Å². The summed E-state index contributed by atoms with van der Waals surface area (Å²) in [7, 11) is 1.93. The summed E-state index contributed by atoms with van der Waals surface area (Å²) in [6.07, 6.45) is 1.01. The lowest BCUT2D eigenvalue weighted by atomic mass is 10.3. The van der Waals surface area contributed by atoms with Crippen molar-refractivity contribution in [2.75, 3.05) is 20.2 Å². The zero-order valence-corrected chi connectivity index (χ0v) is 8.47. The maximum Gasteiger partial charge on any atom is 0.119 e. The zero-order valence-electron chi connectivity index (χ0n) is 7.72. The molecule has 0 aliphatic carbocycles. The molecule has 0 radical (unpaired) electrons. The number of benzene rings is 1. The van der Waals surface area contributed by atoms with Crippen LogP contribution in [0.25, 0.3) is 0 Å². The molecule has 0 aliphatic heterocycles. The van der Waals surface area contributed by atoms with Crippen molar-refractivity contribution >= 4 is 11.6 Å². The fourth-order valence-corrected chi connectivity index (χ4v) is 1.10. The number of halogens is 1. The molecule has 0 atom stereocenters. The van der Waals surface area contributed by atoms with Gasteiger partial charge in [-0.3, -0.25) is 0 Å². The fourth-order valence-electron chi connectivity index (χ4n) is 0.970. The Kier molecular flexibility index (Phi) is 4.65. The Balaban J connectivity index is 2.25. The van der Waals surface area contributed by atoms with Gasteiger partial charge in [-0.05, 0) is 44.3 Å². The highest BCUT2D eigenvalue weighted by atomic mass is 35.5. The molecular weight excluding hydrogens is 186 g/mol. The van der Waals surface area contributed by atoms with Gasteiger partial charge in [0.25, 0.3) is 0 Å². The van der Waals surface area contributed by atoms with Gasteiger partial charge in [-0.25, -0.2) is 0 Å². The van der Waals surface area contributed by atoms with E-state index in [2.05, 4.69) is 5.32 Å². The van der Waals surface area contributed by atoms with Crippen LogP contribution >= 0.6 is 11.6 Å². The molecule has 0 bridgehead atoms. The molecule has 0 fully saturated rings. The lowest BCUT2D eigenvalue weighted by Crippen LogP contribution is -2.11. The highest BCUT2D eigenvalue weighted by Gasteiger charge is 1.92. The van der Waals surface area contributed by atoms with Crippen LogP contribution in [0.15, 0.2) is 24.3 Å². The largest absolute Gasteiger partial charge is 0.494 e. The van der Waals surface area contributed by atoms with Crippen LogP contribution in [-0.4, -0.2) is 20.2 Å². The second kappa shape index (κ2) is 5.84. The van der Waals surface area contributed by atoms with Crippen molar-refractivity contribution < 1.29 is 4.74 Å². The Morgan fingerprint density at radius 1 is 1.31 bits per heavy atom. The third kappa shape index (κ3) is 4.15. The summed E-state index contributed by atoms with van der Waals surface area (Å²) >= 11 is 5.73. The van der Waals surface area contributed by atoms with Gasteiger partial charge in [0.1, 0.15) is 5.75 Å². The second-order valence-electron chi connectivity index (χ2n) is 2.76. The Bertz CT molecular complexity index is 235. The molecule has 72 valence electrons. The summed E-state index contributed by atoms with van der Waals surface area (Å²) in [4.78, 5) is 0. The van der Waals surface area contributed by atoms with Crippen molar-refractivity contribution in [2.24, 2.45) is 0 Å². The van der Waals surface area contributed by atoms with Crippen molar-refractivity contribution in [3.8, 4) is 5.75 Å². The molecule has 1 rings (SSSR count). The Morgan fingerprint density at radius 2 is 2.00 bits per heavy atom. The van der Waals surface area contributed by atoms with Crippen LogP contribution in [-0.2, 0) is 0 Å². The minimum atomic E-state index is 0.738. The first-order valence-electron chi connectivity index (χ1n) is 4.36. The number of hydrogen-bond acceptors (Lipinski definition) is 2. The van der Waals surface area contributed by atoms with Gasteiger partial charge in [0.15, 0.2) is 0 Å². The van der Waals surface area contributed by atoms with E-state index in [4.69, 9.17) is 16.3 Å². The van der Waals surface area contributed by atoms with Gasteiger partial charge in [-0.15, -0.1) is 0 Å². The molecule has 0 saturated carbocycles. The van der Waals surface area contributed by atoms with Crippen molar-refractivity contribution in [1.29, 1.82) is 0 Å². The monoisotopic (exact) mass is 199 g/mol. The van der Waals surface area contributed by atoms with Crippen molar-refractivity contribution in [1.82, 2.24) is 5.32 Å². The van der Waals surface area contributed by atoms with E-state index in [0.29, 0.717) is 0 Å². The van der Waals surface area contributed by atoms with Gasteiger partial charge < -0.3 is 10.1 Å². The van der Waals surface area contributed by atoms with E-state index in [1.165, 1.54) is 0 Å². The first-order chi connectivity index (χ1) is 6.33. The number of nitrogens with one attached hydrogen (secondary N) is 1. The highest BCUT2D eigenvalue weighted by Crippen LogP contribution is 2.15. The summed E-state index contributed by atoms with van der Waals surface area (Å²) in [6.45, 7) is 1.72. The van der Waals surface area contributed by atoms with E-state index in [1.54, 1.807) is 0 Å². The van der Waals surface area contributed by atoms with Crippen LogP contribution in [0.3, 0.4) is 0 Å². The maximum atomic E-state index is 5.73. The highest BCUT2D eigenvalue weighted by molar-refractivity contribution is 6.30. The average molecular weight is 200 g/mol. The van der Waals surface area contributed by atoms with E-state index in [9.17, 15) is 0 Å². The van der Waals surface area contributed by atoms with Gasteiger partial charge in [-0.1, -0.05) is 11.6 Å². The van der Waals surface area contributed by atoms with Crippen LogP contribution in [0.4, 0.5) is 0 Å². The van der Waals surface area contributed by atoms with E-state index in [1.807, 2.05) is 31.3 Å². The molecule has 2 nitrogen and oxygen atoms in total. The van der Waals surface area contributed by atoms with Crippen LogP contribution in [0.2, 0.25) is 5.02 Å². The molecular formula is C10H14ClNO. The second-order valence-corrected chi connectivity index (χ2v) is 3.20. The molecule has 13 heavy (non-hydrogen) atoms. The molecule has 3 heteroatoms. The number of hydrogen-bond donors (Lipinski definition) is 1. The van der Waals surface area contributed by atoms with Gasteiger partial charge in [-0.2, -0.15) is 0 Å². The van der Waals surface area contributed by atoms with Gasteiger partial charge >= 0.3 is 0 Å². The first-order valence-corrected chi connectivity index (χ1v) is 4.73. The molecule has 0 amide bonds. The molecule has 1 aromatic carbocycles. The number of rotatable bonds is 5. The predicted octanol–water partition coefficient (Wildman–Crippen LogP) is 2.33. The van der Waals surface area contributed by atoms with E-state index < -0.39 is 0 Å². The first kappa shape index (κ1) is 10.4. The molecule has 0 aromatic heterocycles. The summed E-state index contributed by atoms with van der Waals surface area (Å²) < 4.78 is 5.46. The van der Waals surface area contributed by atoms with Crippen molar-refractivity contribution in [2.45, 2.75) is 6.42 Å². The Morgan fingerprint density at radius 3 is 2.62 bits per heavy atom. The topological polar surface area (TPSA) is 21.3 Å². The van der Waals surface area contributed by atoms with Crippen molar-refractivity contribution in [3.63, 3.8) is 0 Å². The smallest absolute Gasteiger partial charge is 0.119 e. The quantitative estimate of drug-likeness (QED) is 0.735. The number of ether oxygens (including phenoxy) is 1. The molecule has 0 spiro atoms. The van der Waals surface area contributed by atoms with Gasteiger partial charge in [0.2, 0.25) is 0 Å².